The summed E-state index contributed by atoms with van der Waals surface area (Å²) in [7, 11) is -3.93. The number of aromatic nitrogens is 3. The van der Waals surface area contributed by atoms with Crippen molar-refractivity contribution in [2.75, 3.05) is 13.1 Å². The van der Waals surface area contributed by atoms with Crippen LogP contribution in [0.25, 0.3) is 0 Å². The van der Waals surface area contributed by atoms with Crippen LogP contribution in [-0.2, 0) is 10.0 Å². The fourth-order valence-electron chi connectivity index (χ4n) is 2.10. The lowest BCUT2D eigenvalue weighted by atomic mass is 9.91. The third-order valence-corrected chi connectivity index (χ3v) is 5.88. The third-order valence-electron chi connectivity index (χ3n) is 3.31. The first-order valence-corrected chi connectivity index (χ1v) is 8.71. The van der Waals surface area contributed by atoms with Crippen LogP contribution in [0.3, 0.4) is 0 Å². The molecule has 0 radical (unpaired) electrons. The average molecular weight is 389 g/mol. The van der Waals surface area contributed by atoms with Gasteiger partial charge in [-0.15, -0.1) is 13.1 Å². The molecule has 11 heteroatoms. The van der Waals surface area contributed by atoms with E-state index in [1.807, 2.05) is 0 Å². The Kier molecular flexibility index (Phi) is 4.46. The molecule has 1 fully saturated rings. The van der Waals surface area contributed by atoms with Crippen molar-refractivity contribution in [3.63, 3.8) is 0 Å². The first-order chi connectivity index (χ1) is 9.16. The molecule has 0 aromatic carbocycles. The van der Waals surface area contributed by atoms with E-state index in [0.717, 1.165) is 0 Å². The van der Waals surface area contributed by atoms with E-state index in [1.54, 1.807) is 13.8 Å². The largest absolute Gasteiger partial charge is 0.390 e. The quantitative estimate of drug-likeness (QED) is 0.833. The Labute approximate surface area is 129 Å². The molecule has 1 aromatic heterocycles. The van der Waals surface area contributed by atoms with Gasteiger partial charge in [0, 0.05) is 19.0 Å². The first kappa shape index (κ1) is 16.1. The van der Waals surface area contributed by atoms with Gasteiger partial charge >= 0.3 is 0 Å². The van der Waals surface area contributed by atoms with Gasteiger partial charge in [0.15, 0.2) is 12.3 Å². The monoisotopic (exact) mass is 388 g/mol. The van der Waals surface area contributed by atoms with Gasteiger partial charge in [-0.1, -0.05) is 0 Å². The van der Waals surface area contributed by atoms with E-state index in [2.05, 4.69) is 26.0 Å². The summed E-state index contributed by atoms with van der Waals surface area (Å²) >= 11 is 2.59. The molecule has 0 spiro atoms. The van der Waals surface area contributed by atoms with E-state index in [0.29, 0.717) is 10.5 Å². The van der Waals surface area contributed by atoms with Crippen LogP contribution in [0.1, 0.15) is 20.3 Å². The molecule has 2 heterocycles. The first-order valence-electron chi connectivity index (χ1n) is 5.80. The molecule has 1 aliphatic heterocycles. The van der Waals surface area contributed by atoms with Crippen LogP contribution in [0.4, 0.5) is 3.89 Å². The number of aliphatic hydroxyl groups is 1. The Morgan fingerprint density at radius 3 is 2.70 bits per heavy atom. The van der Waals surface area contributed by atoms with Gasteiger partial charge in [0.05, 0.1) is 5.60 Å². The standard InChI is InChI=1S/C9H14BrFN4O3S2/c1-9(2,16)6-3-4-14(5-6)20(17,18)8-12-7(10)13-15(8)19-11/h6,16H,3-5H2,1-2H3. The topological polar surface area (TPSA) is 88.3 Å². The van der Waals surface area contributed by atoms with E-state index in [1.165, 1.54) is 4.31 Å². The summed E-state index contributed by atoms with van der Waals surface area (Å²) in [4.78, 5) is 3.70. The zero-order chi connectivity index (χ0) is 15.1. The van der Waals surface area contributed by atoms with Crippen LogP contribution < -0.4 is 0 Å². The van der Waals surface area contributed by atoms with Crippen LogP contribution >= 0.6 is 28.3 Å². The van der Waals surface area contributed by atoms with Crippen molar-refractivity contribution in [3.8, 4) is 0 Å². The molecule has 1 N–H and O–H groups in total. The second kappa shape index (κ2) is 5.52. The zero-order valence-corrected chi connectivity index (χ0v) is 14.0. The van der Waals surface area contributed by atoms with Crippen molar-refractivity contribution in [1.29, 1.82) is 0 Å². The Balaban J connectivity index is 2.28. The van der Waals surface area contributed by atoms with Crippen molar-refractivity contribution in [2.24, 2.45) is 5.92 Å². The maximum atomic E-state index is 12.7. The Morgan fingerprint density at radius 1 is 1.55 bits per heavy atom. The Hall–Kier alpha value is -0.230. The Morgan fingerprint density at radius 2 is 2.20 bits per heavy atom. The summed E-state index contributed by atoms with van der Waals surface area (Å²) in [6.45, 7) is 3.72. The van der Waals surface area contributed by atoms with Crippen molar-refractivity contribution in [2.45, 2.75) is 31.0 Å². The maximum Gasteiger partial charge on any atom is 0.279 e. The van der Waals surface area contributed by atoms with Gasteiger partial charge in [-0.25, -0.2) is 8.42 Å². The predicted octanol–water partition coefficient (Wildman–Crippen LogP) is 1.20. The summed E-state index contributed by atoms with van der Waals surface area (Å²) in [5.41, 5.74) is -0.965. The molecule has 1 saturated heterocycles. The molecule has 20 heavy (non-hydrogen) atoms. The third kappa shape index (κ3) is 3.01. The van der Waals surface area contributed by atoms with Crippen LogP contribution in [0, 0.1) is 5.92 Å². The smallest absolute Gasteiger partial charge is 0.279 e. The second-order valence-corrected chi connectivity index (χ2v) is 8.13. The van der Waals surface area contributed by atoms with Gasteiger partial charge in [-0.2, -0.15) is 9.29 Å². The van der Waals surface area contributed by atoms with Gasteiger partial charge in [0.25, 0.3) is 15.2 Å². The van der Waals surface area contributed by atoms with Crippen LogP contribution in [-0.4, -0.2) is 50.7 Å². The predicted molar refractivity (Wildman–Crippen MR) is 75.0 cm³/mol. The minimum atomic E-state index is -3.93. The lowest BCUT2D eigenvalue weighted by Gasteiger charge is -2.25. The van der Waals surface area contributed by atoms with Crippen LogP contribution in [0.5, 0.6) is 0 Å². The molecule has 2 rings (SSSR count). The second-order valence-electron chi connectivity index (χ2n) is 5.11. The highest BCUT2D eigenvalue weighted by molar-refractivity contribution is 9.10. The number of halogens is 2. The molecule has 7 nitrogen and oxygen atoms in total. The molecule has 1 aromatic rings. The highest BCUT2D eigenvalue weighted by atomic mass is 79.9. The fourth-order valence-corrected chi connectivity index (χ4v) is 4.62. The summed E-state index contributed by atoms with van der Waals surface area (Å²) in [5.74, 6) is -0.171. The number of hydrogen-bond acceptors (Lipinski definition) is 6. The van der Waals surface area contributed by atoms with E-state index in [-0.39, 0.29) is 36.1 Å². The van der Waals surface area contributed by atoms with Crippen molar-refractivity contribution in [3.05, 3.63) is 4.73 Å². The van der Waals surface area contributed by atoms with E-state index in [4.69, 9.17) is 0 Å². The summed E-state index contributed by atoms with van der Waals surface area (Å²) < 4.78 is 39.4. The lowest BCUT2D eigenvalue weighted by Crippen LogP contribution is -2.36. The average Bonchev–Trinajstić information content (AvgIpc) is 2.93. The number of sulfonamides is 1. The summed E-state index contributed by atoms with van der Waals surface area (Å²) in [5, 5.41) is 13.1. The minimum Gasteiger partial charge on any atom is -0.390 e. The molecule has 1 unspecified atom stereocenters. The molecule has 0 aliphatic carbocycles. The highest BCUT2D eigenvalue weighted by Crippen LogP contribution is 2.31. The molecule has 1 aliphatic rings. The van der Waals surface area contributed by atoms with E-state index in [9.17, 15) is 17.4 Å². The van der Waals surface area contributed by atoms with Gasteiger partial charge < -0.3 is 5.11 Å². The van der Waals surface area contributed by atoms with Crippen LogP contribution in [0.2, 0.25) is 0 Å². The molecule has 0 bridgehead atoms. The van der Waals surface area contributed by atoms with Gasteiger partial charge in [0.1, 0.15) is 0 Å². The van der Waals surface area contributed by atoms with E-state index >= 15 is 0 Å². The molecule has 1 atom stereocenters. The maximum absolute atomic E-state index is 12.7. The summed E-state index contributed by atoms with van der Waals surface area (Å²) in [6, 6.07) is 0. The fraction of sp³-hybridized carbons (Fsp3) is 0.778. The zero-order valence-electron chi connectivity index (χ0n) is 10.8. The van der Waals surface area contributed by atoms with Gasteiger partial charge in [-0.05, 0) is 36.2 Å². The molecule has 114 valence electrons. The van der Waals surface area contributed by atoms with Crippen molar-refractivity contribution < 1.29 is 17.4 Å². The van der Waals surface area contributed by atoms with Crippen molar-refractivity contribution in [1.82, 2.24) is 18.5 Å². The normalized spacial score (nSPS) is 21.6. The van der Waals surface area contributed by atoms with Gasteiger partial charge in [0.2, 0.25) is 4.73 Å². The minimum absolute atomic E-state index is 0.000500. The van der Waals surface area contributed by atoms with Gasteiger partial charge in [-0.3, -0.25) is 0 Å². The number of nitrogens with zero attached hydrogens (tertiary/aromatic N) is 4. The molecular formula is C9H14BrFN4O3S2. The van der Waals surface area contributed by atoms with Crippen molar-refractivity contribution >= 4 is 38.3 Å². The highest BCUT2D eigenvalue weighted by Gasteiger charge is 2.41. The molecule has 0 saturated carbocycles. The Bertz CT molecular complexity index is 601. The van der Waals surface area contributed by atoms with Crippen LogP contribution in [0.15, 0.2) is 9.89 Å². The molecule has 0 amide bonds. The SMILES string of the molecule is CC(C)(O)C1CCN(S(=O)(=O)c2nc(Br)nn2SF)C1. The number of rotatable bonds is 4. The number of hydrogen-bond donors (Lipinski definition) is 1. The molecular weight excluding hydrogens is 375 g/mol. The van der Waals surface area contributed by atoms with E-state index < -0.39 is 20.8 Å². The lowest BCUT2D eigenvalue weighted by molar-refractivity contribution is 0.0236. The summed E-state index contributed by atoms with van der Waals surface area (Å²) in [6.07, 6.45) is 0.542.